The van der Waals surface area contributed by atoms with Gasteiger partial charge in [0.05, 0.1) is 0 Å². The molecule has 0 radical (unpaired) electrons. The molecular formula is C13H14F2O. The zero-order valence-electron chi connectivity index (χ0n) is 8.96. The minimum Gasteiger partial charge on any atom is -0.294 e. The Morgan fingerprint density at radius 2 is 2.06 bits per heavy atom. The van der Waals surface area contributed by atoms with Gasteiger partial charge in [-0.2, -0.15) is 0 Å². The van der Waals surface area contributed by atoms with E-state index in [1.54, 1.807) is 12.1 Å². The monoisotopic (exact) mass is 224 g/mol. The van der Waals surface area contributed by atoms with Gasteiger partial charge < -0.3 is 0 Å². The molecule has 1 nitrogen and oxygen atoms in total. The van der Waals surface area contributed by atoms with Crippen LogP contribution in [0.5, 0.6) is 0 Å². The van der Waals surface area contributed by atoms with Crippen LogP contribution in [0, 0.1) is 5.92 Å². The molecule has 0 spiro atoms. The molecule has 3 heteroatoms. The summed E-state index contributed by atoms with van der Waals surface area (Å²) in [4.78, 5) is 12.0. The number of halogens is 2. The maximum Gasteiger partial charge on any atom is 0.239 e. The van der Waals surface area contributed by atoms with Crippen LogP contribution in [0.1, 0.15) is 35.2 Å². The van der Waals surface area contributed by atoms with Crippen molar-refractivity contribution in [2.45, 2.75) is 32.1 Å². The van der Waals surface area contributed by atoms with Crippen molar-refractivity contribution < 1.29 is 13.6 Å². The number of rotatable bonds is 2. The van der Waals surface area contributed by atoms with Crippen LogP contribution in [0.15, 0.2) is 24.3 Å². The Labute approximate surface area is 93.5 Å². The Morgan fingerprint density at radius 1 is 1.31 bits per heavy atom. The topological polar surface area (TPSA) is 17.1 Å². The number of carbonyl (C=O) groups is 1. The molecule has 0 amide bonds. The minimum atomic E-state index is -2.39. The number of benzene rings is 1. The van der Waals surface area contributed by atoms with E-state index in [9.17, 15) is 13.6 Å². The van der Waals surface area contributed by atoms with E-state index in [2.05, 4.69) is 0 Å². The van der Waals surface area contributed by atoms with E-state index in [-0.39, 0.29) is 12.2 Å². The third-order valence-corrected chi connectivity index (χ3v) is 3.12. The molecule has 0 aliphatic heterocycles. The molecule has 1 aliphatic rings. The molecule has 2 rings (SSSR count). The molecule has 0 saturated carbocycles. The first-order valence-corrected chi connectivity index (χ1v) is 5.58. The molecule has 1 aliphatic carbocycles. The summed E-state index contributed by atoms with van der Waals surface area (Å²) >= 11 is 0. The Bertz CT molecular complexity index is 387. The molecule has 1 aromatic carbocycles. The van der Waals surface area contributed by atoms with E-state index in [0.717, 1.165) is 18.4 Å². The smallest absolute Gasteiger partial charge is 0.239 e. The second kappa shape index (κ2) is 4.73. The molecule has 0 aromatic heterocycles. The standard InChI is InChI=1S/C13H14F2O/c14-12(15)8-10-6-3-5-9-4-1-2-7-11(9)13(10)16/h1-2,4,7,10,12H,3,5-6,8H2. The van der Waals surface area contributed by atoms with E-state index in [1.807, 2.05) is 12.1 Å². The largest absolute Gasteiger partial charge is 0.294 e. The summed E-state index contributed by atoms with van der Waals surface area (Å²) in [5.74, 6) is -0.600. The number of carbonyl (C=O) groups excluding carboxylic acids is 1. The van der Waals surface area contributed by atoms with Gasteiger partial charge in [0.2, 0.25) is 6.43 Å². The van der Waals surface area contributed by atoms with E-state index < -0.39 is 12.3 Å². The van der Waals surface area contributed by atoms with Crippen molar-refractivity contribution in [3.63, 3.8) is 0 Å². The molecule has 86 valence electrons. The molecule has 1 unspecified atom stereocenters. The first-order chi connectivity index (χ1) is 7.68. The van der Waals surface area contributed by atoms with Gasteiger partial charge in [-0.05, 0) is 24.8 Å². The molecule has 1 aromatic rings. The summed E-state index contributed by atoms with van der Waals surface area (Å²) in [5, 5.41) is 0. The number of fused-ring (bicyclic) bond motifs is 1. The van der Waals surface area contributed by atoms with Crippen molar-refractivity contribution in [1.29, 1.82) is 0 Å². The lowest BCUT2D eigenvalue weighted by Gasteiger charge is -2.12. The van der Waals surface area contributed by atoms with Crippen molar-refractivity contribution in [3.8, 4) is 0 Å². The van der Waals surface area contributed by atoms with Crippen LogP contribution in [0.4, 0.5) is 8.78 Å². The Balaban J connectivity index is 2.26. The predicted molar refractivity (Wildman–Crippen MR) is 57.8 cm³/mol. The van der Waals surface area contributed by atoms with E-state index >= 15 is 0 Å². The van der Waals surface area contributed by atoms with Crippen LogP contribution >= 0.6 is 0 Å². The quantitative estimate of drug-likeness (QED) is 0.703. The van der Waals surface area contributed by atoms with Crippen molar-refractivity contribution in [1.82, 2.24) is 0 Å². The van der Waals surface area contributed by atoms with Crippen molar-refractivity contribution in [3.05, 3.63) is 35.4 Å². The molecule has 0 heterocycles. The number of alkyl halides is 2. The first-order valence-electron chi connectivity index (χ1n) is 5.58. The SMILES string of the molecule is O=C1c2ccccc2CCCC1CC(F)F. The van der Waals surface area contributed by atoms with Gasteiger partial charge in [0.15, 0.2) is 5.78 Å². The van der Waals surface area contributed by atoms with Gasteiger partial charge in [0.1, 0.15) is 0 Å². The van der Waals surface area contributed by atoms with Crippen LogP contribution < -0.4 is 0 Å². The Hall–Kier alpha value is -1.25. The van der Waals surface area contributed by atoms with Gasteiger partial charge in [0.25, 0.3) is 0 Å². The van der Waals surface area contributed by atoms with Crippen LogP contribution in [0.2, 0.25) is 0 Å². The molecule has 0 bridgehead atoms. The van der Waals surface area contributed by atoms with Gasteiger partial charge in [-0.25, -0.2) is 8.78 Å². The second-order valence-electron chi connectivity index (χ2n) is 4.24. The highest BCUT2D eigenvalue weighted by Crippen LogP contribution is 2.28. The van der Waals surface area contributed by atoms with Crippen LogP contribution in [-0.2, 0) is 6.42 Å². The van der Waals surface area contributed by atoms with Crippen molar-refractivity contribution >= 4 is 5.78 Å². The summed E-state index contributed by atoms with van der Waals surface area (Å²) in [7, 11) is 0. The lowest BCUT2D eigenvalue weighted by molar-refractivity contribution is 0.0768. The average Bonchev–Trinajstić information content (AvgIpc) is 2.40. The lowest BCUT2D eigenvalue weighted by atomic mass is 9.92. The summed E-state index contributed by atoms with van der Waals surface area (Å²) in [6.07, 6.45) is -0.466. The molecule has 0 N–H and O–H groups in total. The van der Waals surface area contributed by atoms with Crippen LogP contribution in [0.25, 0.3) is 0 Å². The maximum absolute atomic E-state index is 12.3. The molecule has 0 saturated heterocycles. The number of Topliss-reactive ketones (excluding diaryl/α,β-unsaturated/α-hetero) is 1. The van der Waals surface area contributed by atoms with Crippen molar-refractivity contribution in [2.75, 3.05) is 0 Å². The third kappa shape index (κ3) is 2.29. The van der Waals surface area contributed by atoms with E-state index in [1.165, 1.54) is 0 Å². The van der Waals surface area contributed by atoms with Gasteiger partial charge in [-0.3, -0.25) is 4.79 Å². The molecular weight excluding hydrogens is 210 g/mol. The Kier molecular flexibility index (Phi) is 3.32. The highest BCUT2D eigenvalue weighted by molar-refractivity contribution is 5.99. The zero-order valence-corrected chi connectivity index (χ0v) is 8.96. The maximum atomic E-state index is 12.3. The predicted octanol–water partition coefficient (Wildman–Crippen LogP) is 3.48. The second-order valence-corrected chi connectivity index (χ2v) is 4.24. The summed E-state index contributed by atoms with van der Waals surface area (Å²) < 4.78 is 24.7. The van der Waals surface area contributed by atoms with Gasteiger partial charge in [-0.15, -0.1) is 0 Å². The lowest BCUT2D eigenvalue weighted by Crippen LogP contribution is -2.17. The molecule has 1 atom stereocenters. The van der Waals surface area contributed by atoms with Crippen molar-refractivity contribution in [2.24, 2.45) is 5.92 Å². The van der Waals surface area contributed by atoms with E-state index in [4.69, 9.17) is 0 Å². The highest BCUT2D eigenvalue weighted by atomic mass is 19.3. The average molecular weight is 224 g/mol. The first kappa shape index (κ1) is 11.2. The number of hydrogen-bond donors (Lipinski definition) is 0. The normalized spacial score (nSPS) is 20.7. The van der Waals surface area contributed by atoms with E-state index in [0.29, 0.717) is 12.0 Å². The zero-order chi connectivity index (χ0) is 11.5. The number of hydrogen-bond acceptors (Lipinski definition) is 1. The number of aryl methyl sites for hydroxylation is 1. The molecule has 0 fully saturated rings. The fourth-order valence-electron chi connectivity index (χ4n) is 2.31. The number of ketones is 1. The van der Waals surface area contributed by atoms with Crippen LogP contribution in [0.3, 0.4) is 0 Å². The fraction of sp³-hybridized carbons (Fsp3) is 0.462. The summed E-state index contributed by atoms with van der Waals surface area (Å²) in [5.41, 5.74) is 1.65. The molecule has 16 heavy (non-hydrogen) atoms. The van der Waals surface area contributed by atoms with Crippen LogP contribution in [-0.4, -0.2) is 12.2 Å². The summed E-state index contributed by atoms with van der Waals surface area (Å²) in [6.45, 7) is 0. The van der Waals surface area contributed by atoms with Gasteiger partial charge >= 0.3 is 0 Å². The van der Waals surface area contributed by atoms with Gasteiger partial charge in [0, 0.05) is 17.9 Å². The third-order valence-electron chi connectivity index (χ3n) is 3.12. The summed E-state index contributed by atoms with van der Waals surface area (Å²) in [6, 6.07) is 7.35. The fourth-order valence-corrected chi connectivity index (χ4v) is 2.31. The Morgan fingerprint density at radius 3 is 2.81 bits per heavy atom. The highest BCUT2D eigenvalue weighted by Gasteiger charge is 2.27. The minimum absolute atomic E-state index is 0.103. The van der Waals surface area contributed by atoms with Gasteiger partial charge in [-0.1, -0.05) is 24.3 Å².